The number of carbonyl (C=O) groups is 3. The van der Waals surface area contributed by atoms with E-state index in [1.807, 2.05) is 78.9 Å². The van der Waals surface area contributed by atoms with Gasteiger partial charge in [-0.25, -0.2) is 0 Å². The molecule has 0 saturated heterocycles. The third-order valence-electron chi connectivity index (χ3n) is 6.71. The number of nitrogens with one attached hydrogen (secondary N) is 2. The quantitative estimate of drug-likeness (QED) is 0.440. The van der Waals surface area contributed by atoms with Crippen molar-refractivity contribution < 1.29 is 19.1 Å². The summed E-state index contributed by atoms with van der Waals surface area (Å²) in [5.74, 6) is -1.60. The molecule has 186 valence electrons. The normalized spacial score (nSPS) is 15.4. The van der Waals surface area contributed by atoms with E-state index in [2.05, 4.69) is 16.7 Å². The van der Waals surface area contributed by atoms with E-state index in [0.29, 0.717) is 0 Å². The SMILES string of the molecule is COC(=O)CC[C@@H](NC(=O)C(c1ccccc1)c1ccccc1)C(=O)N[C@@H]1CCCc2ccccc21. The van der Waals surface area contributed by atoms with E-state index in [0.717, 1.165) is 36.0 Å². The lowest BCUT2D eigenvalue weighted by molar-refractivity contribution is -0.141. The summed E-state index contributed by atoms with van der Waals surface area (Å²) in [6, 6.07) is 26.1. The molecule has 6 nitrogen and oxygen atoms in total. The molecule has 0 bridgehead atoms. The van der Waals surface area contributed by atoms with Crippen LogP contribution < -0.4 is 10.6 Å². The van der Waals surface area contributed by atoms with Gasteiger partial charge >= 0.3 is 5.97 Å². The number of fused-ring (bicyclic) bond motifs is 1. The number of carbonyl (C=O) groups excluding carboxylic acids is 3. The highest BCUT2D eigenvalue weighted by Gasteiger charge is 2.30. The molecule has 0 heterocycles. The highest BCUT2D eigenvalue weighted by molar-refractivity contribution is 5.92. The van der Waals surface area contributed by atoms with E-state index in [1.165, 1.54) is 12.7 Å². The maximum atomic E-state index is 13.7. The van der Waals surface area contributed by atoms with Gasteiger partial charge in [0.05, 0.1) is 19.1 Å². The first-order valence-electron chi connectivity index (χ1n) is 12.4. The van der Waals surface area contributed by atoms with Crippen LogP contribution in [0.5, 0.6) is 0 Å². The zero-order chi connectivity index (χ0) is 25.3. The number of methoxy groups -OCH3 is 1. The lowest BCUT2D eigenvalue weighted by atomic mass is 9.87. The summed E-state index contributed by atoms with van der Waals surface area (Å²) in [5, 5.41) is 6.08. The second-order valence-electron chi connectivity index (χ2n) is 9.08. The Balaban J connectivity index is 1.56. The van der Waals surface area contributed by atoms with E-state index < -0.39 is 17.9 Å². The third kappa shape index (κ3) is 6.19. The molecule has 0 aromatic heterocycles. The fourth-order valence-electron chi connectivity index (χ4n) is 4.85. The topological polar surface area (TPSA) is 84.5 Å². The highest BCUT2D eigenvalue weighted by Crippen LogP contribution is 2.30. The van der Waals surface area contributed by atoms with Crippen molar-refractivity contribution in [1.29, 1.82) is 0 Å². The Morgan fingerprint density at radius 3 is 2.11 bits per heavy atom. The lowest BCUT2D eigenvalue weighted by Gasteiger charge is -2.29. The molecule has 36 heavy (non-hydrogen) atoms. The Morgan fingerprint density at radius 2 is 1.47 bits per heavy atom. The van der Waals surface area contributed by atoms with Gasteiger partial charge in [-0.2, -0.15) is 0 Å². The van der Waals surface area contributed by atoms with Crippen molar-refractivity contribution in [3.05, 3.63) is 107 Å². The Morgan fingerprint density at radius 1 is 0.861 bits per heavy atom. The second kappa shape index (κ2) is 12.2. The number of amides is 2. The number of esters is 1. The Labute approximate surface area is 212 Å². The maximum Gasteiger partial charge on any atom is 0.305 e. The third-order valence-corrected chi connectivity index (χ3v) is 6.71. The predicted octanol–water partition coefficient (Wildman–Crippen LogP) is 4.45. The molecule has 0 fully saturated rings. The number of hydrogen-bond acceptors (Lipinski definition) is 4. The summed E-state index contributed by atoms with van der Waals surface area (Å²) in [4.78, 5) is 39.0. The number of aryl methyl sites for hydroxylation is 1. The number of benzene rings is 3. The number of hydrogen-bond donors (Lipinski definition) is 2. The smallest absolute Gasteiger partial charge is 0.305 e. The minimum atomic E-state index is -0.874. The minimum absolute atomic E-state index is 0.0253. The molecule has 0 unspecified atom stereocenters. The molecule has 0 spiro atoms. The first kappa shape index (κ1) is 25.2. The van der Waals surface area contributed by atoms with Crippen molar-refractivity contribution in [3.8, 4) is 0 Å². The maximum absolute atomic E-state index is 13.7. The average molecular weight is 485 g/mol. The van der Waals surface area contributed by atoms with Crippen molar-refractivity contribution in [2.75, 3.05) is 7.11 Å². The molecule has 2 atom stereocenters. The van der Waals surface area contributed by atoms with Crippen LogP contribution >= 0.6 is 0 Å². The molecular weight excluding hydrogens is 452 g/mol. The fourth-order valence-corrected chi connectivity index (χ4v) is 4.85. The van der Waals surface area contributed by atoms with Gasteiger partial charge in [-0.1, -0.05) is 84.9 Å². The van der Waals surface area contributed by atoms with Gasteiger partial charge in [0.1, 0.15) is 6.04 Å². The summed E-state index contributed by atoms with van der Waals surface area (Å²) in [5.41, 5.74) is 4.00. The van der Waals surface area contributed by atoms with Gasteiger partial charge in [0.2, 0.25) is 11.8 Å². The van der Waals surface area contributed by atoms with Crippen molar-refractivity contribution in [1.82, 2.24) is 10.6 Å². The summed E-state index contributed by atoms with van der Waals surface area (Å²) in [7, 11) is 1.32. The Bertz CT molecular complexity index is 1140. The largest absolute Gasteiger partial charge is 0.469 e. The van der Waals surface area contributed by atoms with Gasteiger partial charge in [-0.3, -0.25) is 14.4 Å². The zero-order valence-corrected chi connectivity index (χ0v) is 20.5. The van der Waals surface area contributed by atoms with Crippen LogP contribution in [0.1, 0.15) is 59.9 Å². The number of ether oxygens (including phenoxy) is 1. The van der Waals surface area contributed by atoms with E-state index >= 15 is 0 Å². The average Bonchev–Trinajstić information content (AvgIpc) is 2.92. The first-order chi connectivity index (χ1) is 17.6. The van der Waals surface area contributed by atoms with Crippen LogP contribution in [0.3, 0.4) is 0 Å². The van der Waals surface area contributed by atoms with Crippen LogP contribution in [0, 0.1) is 0 Å². The summed E-state index contributed by atoms with van der Waals surface area (Å²) >= 11 is 0. The highest BCUT2D eigenvalue weighted by atomic mass is 16.5. The van der Waals surface area contributed by atoms with Crippen LogP contribution in [0.2, 0.25) is 0 Å². The molecule has 1 aliphatic rings. The second-order valence-corrected chi connectivity index (χ2v) is 9.08. The minimum Gasteiger partial charge on any atom is -0.469 e. The Kier molecular flexibility index (Phi) is 8.50. The van der Waals surface area contributed by atoms with Gasteiger partial charge in [0.25, 0.3) is 0 Å². The van der Waals surface area contributed by atoms with Crippen molar-refractivity contribution in [3.63, 3.8) is 0 Å². The molecule has 0 radical (unpaired) electrons. The van der Waals surface area contributed by atoms with E-state index in [1.54, 1.807) is 0 Å². The molecule has 3 aromatic carbocycles. The van der Waals surface area contributed by atoms with Crippen LogP contribution in [0.15, 0.2) is 84.9 Å². The molecule has 2 N–H and O–H groups in total. The van der Waals surface area contributed by atoms with Gasteiger partial charge in [0.15, 0.2) is 0 Å². The van der Waals surface area contributed by atoms with E-state index in [4.69, 9.17) is 4.74 Å². The molecule has 3 aromatic rings. The molecular formula is C30H32N2O4. The molecule has 6 heteroatoms. The van der Waals surface area contributed by atoms with Gasteiger partial charge in [0, 0.05) is 6.42 Å². The van der Waals surface area contributed by atoms with Crippen molar-refractivity contribution in [2.45, 2.75) is 50.1 Å². The van der Waals surface area contributed by atoms with Crippen LogP contribution in [-0.4, -0.2) is 30.9 Å². The standard InChI is InChI=1S/C30H32N2O4/c1-36-27(33)20-19-26(29(34)31-25-18-10-16-21-11-8-9-17-24(21)25)32-30(35)28(22-12-4-2-5-13-22)23-14-6-3-7-15-23/h2-9,11-15,17,25-26,28H,10,16,18-20H2,1H3,(H,31,34)(H,32,35)/t25-,26-/m1/s1. The molecule has 4 rings (SSSR count). The monoisotopic (exact) mass is 484 g/mol. The van der Waals surface area contributed by atoms with Gasteiger partial charge < -0.3 is 15.4 Å². The molecule has 0 aliphatic heterocycles. The van der Waals surface area contributed by atoms with E-state index in [-0.39, 0.29) is 30.7 Å². The van der Waals surface area contributed by atoms with Crippen LogP contribution in [-0.2, 0) is 25.5 Å². The molecule has 1 aliphatic carbocycles. The first-order valence-corrected chi connectivity index (χ1v) is 12.4. The Hall–Kier alpha value is -3.93. The lowest BCUT2D eigenvalue weighted by Crippen LogP contribution is -2.49. The summed E-state index contributed by atoms with van der Waals surface area (Å²) in [6.07, 6.45) is 2.97. The van der Waals surface area contributed by atoms with Gasteiger partial charge in [-0.05, 0) is 47.9 Å². The van der Waals surface area contributed by atoms with Crippen LogP contribution in [0.4, 0.5) is 0 Å². The van der Waals surface area contributed by atoms with Crippen molar-refractivity contribution in [2.24, 2.45) is 0 Å². The molecule has 0 saturated carbocycles. The molecule has 2 amide bonds. The number of rotatable bonds is 9. The zero-order valence-electron chi connectivity index (χ0n) is 20.5. The fraction of sp³-hybridized carbons (Fsp3) is 0.300. The van der Waals surface area contributed by atoms with Gasteiger partial charge in [-0.15, -0.1) is 0 Å². The predicted molar refractivity (Wildman–Crippen MR) is 138 cm³/mol. The summed E-state index contributed by atoms with van der Waals surface area (Å²) in [6.45, 7) is 0. The summed E-state index contributed by atoms with van der Waals surface area (Å²) < 4.78 is 4.78. The van der Waals surface area contributed by atoms with Crippen molar-refractivity contribution >= 4 is 17.8 Å². The van der Waals surface area contributed by atoms with E-state index in [9.17, 15) is 14.4 Å². The van der Waals surface area contributed by atoms with Crippen LogP contribution in [0.25, 0.3) is 0 Å².